The van der Waals surface area contributed by atoms with Gasteiger partial charge in [0.1, 0.15) is 0 Å². The molecule has 19 heavy (non-hydrogen) atoms. The predicted octanol–water partition coefficient (Wildman–Crippen LogP) is 3.18. The van der Waals surface area contributed by atoms with Gasteiger partial charge in [-0.05, 0) is 38.5 Å². The van der Waals surface area contributed by atoms with Crippen molar-refractivity contribution in [3.8, 4) is 0 Å². The monoisotopic (exact) mass is 268 g/mol. The molecule has 0 heterocycles. The van der Waals surface area contributed by atoms with E-state index in [0.29, 0.717) is 17.9 Å². The number of unbranched alkanes of at least 4 members (excludes halogenated alkanes) is 1. The molecule has 4 atom stereocenters. The van der Waals surface area contributed by atoms with Crippen molar-refractivity contribution in [1.29, 1.82) is 0 Å². The van der Waals surface area contributed by atoms with Gasteiger partial charge in [-0.3, -0.25) is 4.79 Å². The number of carbonyl (C=O) groups is 1. The van der Waals surface area contributed by atoms with Gasteiger partial charge in [0.05, 0.1) is 5.92 Å². The fraction of sp³-hybridized carbons (Fsp3) is 0.938. The van der Waals surface area contributed by atoms with Crippen molar-refractivity contribution in [3.05, 3.63) is 0 Å². The predicted molar refractivity (Wildman–Crippen MR) is 80.9 cm³/mol. The quantitative estimate of drug-likeness (QED) is 0.804. The largest absolute Gasteiger partial charge is 0.340 e. The minimum Gasteiger partial charge on any atom is -0.340 e. The minimum absolute atomic E-state index is 0.0504. The standard InChI is InChI=1S/C16H32N2O/c1-5-7-11-18(13(4)6-2)16(19)14-10-8-9-12(3)15(14)17/h12-15H,5-11,17H2,1-4H3. The van der Waals surface area contributed by atoms with Crippen LogP contribution in [-0.4, -0.2) is 29.4 Å². The van der Waals surface area contributed by atoms with Crippen molar-refractivity contribution in [1.82, 2.24) is 4.90 Å². The summed E-state index contributed by atoms with van der Waals surface area (Å²) in [5.41, 5.74) is 6.28. The van der Waals surface area contributed by atoms with Crippen molar-refractivity contribution >= 4 is 5.91 Å². The normalized spacial score (nSPS) is 29.0. The zero-order valence-corrected chi connectivity index (χ0v) is 13.2. The van der Waals surface area contributed by atoms with E-state index >= 15 is 0 Å². The fourth-order valence-electron chi connectivity index (χ4n) is 3.04. The Morgan fingerprint density at radius 3 is 2.63 bits per heavy atom. The molecule has 0 aliphatic heterocycles. The highest BCUT2D eigenvalue weighted by Crippen LogP contribution is 2.30. The summed E-state index contributed by atoms with van der Waals surface area (Å²) >= 11 is 0. The third-order valence-corrected chi connectivity index (χ3v) is 4.77. The molecule has 1 aliphatic carbocycles. The van der Waals surface area contributed by atoms with Gasteiger partial charge in [-0.15, -0.1) is 0 Å². The van der Waals surface area contributed by atoms with Crippen molar-refractivity contribution in [2.45, 2.75) is 78.3 Å². The lowest BCUT2D eigenvalue weighted by Crippen LogP contribution is -2.51. The summed E-state index contributed by atoms with van der Waals surface area (Å²) in [7, 11) is 0. The van der Waals surface area contributed by atoms with E-state index in [-0.39, 0.29) is 12.0 Å². The Bertz CT molecular complexity index is 280. The van der Waals surface area contributed by atoms with Gasteiger partial charge in [-0.1, -0.05) is 33.6 Å². The van der Waals surface area contributed by atoms with Gasteiger partial charge in [-0.25, -0.2) is 0 Å². The van der Waals surface area contributed by atoms with E-state index < -0.39 is 0 Å². The van der Waals surface area contributed by atoms with Gasteiger partial charge in [0, 0.05) is 18.6 Å². The molecule has 1 aliphatic rings. The zero-order valence-electron chi connectivity index (χ0n) is 13.2. The summed E-state index contributed by atoms with van der Waals surface area (Å²) in [6.07, 6.45) is 6.54. The van der Waals surface area contributed by atoms with Crippen molar-refractivity contribution in [2.75, 3.05) is 6.54 Å². The van der Waals surface area contributed by atoms with E-state index in [1.165, 1.54) is 6.42 Å². The zero-order chi connectivity index (χ0) is 14.4. The molecule has 1 amide bonds. The molecule has 112 valence electrons. The Morgan fingerprint density at radius 1 is 1.37 bits per heavy atom. The Morgan fingerprint density at radius 2 is 2.05 bits per heavy atom. The van der Waals surface area contributed by atoms with Crippen LogP contribution in [0.4, 0.5) is 0 Å². The number of hydrogen-bond donors (Lipinski definition) is 1. The molecule has 0 bridgehead atoms. The van der Waals surface area contributed by atoms with Crippen LogP contribution < -0.4 is 5.73 Å². The lowest BCUT2D eigenvalue weighted by molar-refractivity contribution is -0.140. The van der Waals surface area contributed by atoms with Gasteiger partial charge in [0.25, 0.3) is 0 Å². The summed E-state index contributed by atoms with van der Waals surface area (Å²) in [4.78, 5) is 14.9. The number of amides is 1. The molecule has 3 heteroatoms. The molecule has 0 radical (unpaired) electrons. The maximum Gasteiger partial charge on any atom is 0.227 e. The fourth-order valence-corrected chi connectivity index (χ4v) is 3.04. The van der Waals surface area contributed by atoms with Crippen molar-refractivity contribution in [2.24, 2.45) is 17.6 Å². The number of carbonyl (C=O) groups excluding carboxylic acids is 1. The first-order valence-corrected chi connectivity index (χ1v) is 8.08. The SMILES string of the molecule is CCCCN(C(=O)C1CCCC(C)C1N)C(C)CC. The Labute approximate surface area is 118 Å². The maximum atomic E-state index is 12.8. The Hall–Kier alpha value is -0.570. The first-order chi connectivity index (χ1) is 9.02. The highest BCUT2D eigenvalue weighted by atomic mass is 16.2. The molecule has 1 rings (SSSR count). The molecule has 0 aromatic rings. The topological polar surface area (TPSA) is 46.3 Å². The number of rotatable bonds is 6. The summed E-state index contributed by atoms with van der Waals surface area (Å²) in [5, 5.41) is 0. The molecule has 0 aromatic carbocycles. The second kappa shape index (κ2) is 7.88. The third kappa shape index (κ3) is 4.20. The summed E-state index contributed by atoms with van der Waals surface area (Å²) in [6.45, 7) is 9.56. The van der Waals surface area contributed by atoms with Gasteiger partial charge in [0.2, 0.25) is 5.91 Å². The van der Waals surface area contributed by atoms with E-state index in [4.69, 9.17) is 5.73 Å². The third-order valence-electron chi connectivity index (χ3n) is 4.77. The molecular formula is C16H32N2O. The number of nitrogens with zero attached hydrogens (tertiary/aromatic N) is 1. The molecule has 4 unspecified atom stereocenters. The van der Waals surface area contributed by atoms with Crippen molar-refractivity contribution < 1.29 is 4.79 Å². The van der Waals surface area contributed by atoms with Gasteiger partial charge in [0.15, 0.2) is 0 Å². The number of hydrogen-bond acceptors (Lipinski definition) is 2. The van der Waals surface area contributed by atoms with Gasteiger partial charge in [-0.2, -0.15) is 0 Å². The minimum atomic E-state index is 0.0504. The van der Waals surface area contributed by atoms with Crippen LogP contribution in [0.3, 0.4) is 0 Å². The summed E-state index contributed by atoms with van der Waals surface area (Å²) in [5.74, 6) is 0.837. The average Bonchev–Trinajstić information content (AvgIpc) is 2.41. The van der Waals surface area contributed by atoms with E-state index in [1.807, 2.05) is 0 Å². The van der Waals surface area contributed by atoms with E-state index in [1.54, 1.807) is 0 Å². The van der Waals surface area contributed by atoms with E-state index in [0.717, 1.165) is 38.6 Å². The van der Waals surface area contributed by atoms with Crippen LogP contribution in [0.1, 0.15) is 66.2 Å². The lowest BCUT2D eigenvalue weighted by Gasteiger charge is -2.38. The van der Waals surface area contributed by atoms with Crippen LogP contribution in [0.5, 0.6) is 0 Å². The van der Waals surface area contributed by atoms with Crippen LogP contribution >= 0.6 is 0 Å². The maximum absolute atomic E-state index is 12.8. The Kier molecular flexibility index (Phi) is 6.84. The van der Waals surface area contributed by atoms with Crippen LogP contribution in [0.15, 0.2) is 0 Å². The molecular weight excluding hydrogens is 236 g/mol. The van der Waals surface area contributed by atoms with E-state index in [9.17, 15) is 4.79 Å². The molecule has 3 nitrogen and oxygen atoms in total. The summed E-state index contributed by atoms with van der Waals surface area (Å²) in [6, 6.07) is 0.387. The second-order valence-electron chi connectivity index (χ2n) is 6.23. The lowest BCUT2D eigenvalue weighted by atomic mass is 9.77. The highest BCUT2D eigenvalue weighted by Gasteiger charge is 2.35. The average molecular weight is 268 g/mol. The molecule has 2 N–H and O–H groups in total. The van der Waals surface area contributed by atoms with Crippen LogP contribution in [0, 0.1) is 11.8 Å². The highest BCUT2D eigenvalue weighted by molar-refractivity contribution is 5.80. The smallest absolute Gasteiger partial charge is 0.227 e. The Balaban J connectivity index is 2.73. The van der Waals surface area contributed by atoms with E-state index in [2.05, 4.69) is 32.6 Å². The van der Waals surface area contributed by atoms with Crippen molar-refractivity contribution in [3.63, 3.8) is 0 Å². The molecule has 0 spiro atoms. The van der Waals surface area contributed by atoms with Crippen LogP contribution in [0.25, 0.3) is 0 Å². The molecule has 0 saturated heterocycles. The first kappa shape index (κ1) is 16.5. The second-order valence-corrected chi connectivity index (χ2v) is 6.23. The van der Waals surface area contributed by atoms with Crippen LogP contribution in [0.2, 0.25) is 0 Å². The molecule has 0 aromatic heterocycles. The van der Waals surface area contributed by atoms with Gasteiger partial charge >= 0.3 is 0 Å². The van der Waals surface area contributed by atoms with Gasteiger partial charge < -0.3 is 10.6 Å². The number of nitrogens with two attached hydrogens (primary N) is 1. The van der Waals surface area contributed by atoms with Crippen LogP contribution in [-0.2, 0) is 4.79 Å². The first-order valence-electron chi connectivity index (χ1n) is 8.08. The summed E-state index contributed by atoms with van der Waals surface area (Å²) < 4.78 is 0. The molecule has 1 saturated carbocycles. The molecule has 1 fully saturated rings.